The van der Waals surface area contributed by atoms with Gasteiger partial charge in [-0.25, -0.2) is 14.8 Å². The SMILES string of the molecule is COC(=O)c1ccccc1NC(=O)CCSc1ncccn1. The minimum Gasteiger partial charge on any atom is -0.465 e. The fraction of sp³-hybridized carbons (Fsp3) is 0.200. The molecule has 0 aliphatic rings. The van der Waals surface area contributed by atoms with Crippen LogP contribution in [0.2, 0.25) is 0 Å². The lowest BCUT2D eigenvalue weighted by Gasteiger charge is -2.09. The molecule has 0 saturated heterocycles. The Morgan fingerprint density at radius 1 is 1.18 bits per heavy atom. The first-order chi connectivity index (χ1) is 10.7. The molecule has 7 heteroatoms. The number of anilines is 1. The number of nitrogens with one attached hydrogen (secondary N) is 1. The number of hydrogen-bond acceptors (Lipinski definition) is 6. The Hall–Kier alpha value is -2.41. The van der Waals surface area contributed by atoms with Gasteiger partial charge >= 0.3 is 5.97 Å². The summed E-state index contributed by atoms with van der Waals surface area (Å²) < 4.78 is 4.69. The second kappa shape index (κ2) is 8.14. The van der Waals surface area contributed by atoms with E-state index < -0.39 is 5.97 Å². The summed E-state index contributed by atoms with van der Waals surface area (Å²) in [5, 5.41) is 3.35. The van der Waals surface area contributed by atoms with Crippen molar-refractivity contribution >= 4 is 29.3 Å². The third-order valence-electron chi connectivity index (χ3n) is 2.71. The van der Waals surface area contributed by atoms with Gasteiger partial charge in [0.05, 0.1) is 18.4 Å². The van der Waals surface area contributed by atoms with Gasteiger partial charge in [-0.15, -0.1) is 0 Å². The molecule has 1 amide bonds. The maximum Gasteiger partial charge on any atom is 0.339 e. The highest BCUT2D eigenvalue weighted by atomic mass is 32.2. The van der Waals surface area contributed by atoms with E-state index in [9.17, 15) is 9.59 Å². The van der Waals surface area contributed by atoms with Gasteiger partial charge < -0.3 is 10.1 Å². The van der Waals surface area contributed by atoms with Gasteiger partial charge in [0.15, 0.2) is 5.16 Å². The number of carbonyl (C=O) groups is 2. The van der Waals surface area contributed by atoms with Gasteiger partial charge in [0, 0.05) is 24.6 Å². The van der Waals surface area contributed by atoms with Crippen LogP contribution in [0.4, 0.5) is 5.69 Å². The van der Waals surface area contributed by atoms with Crippen molar-refractivity contribution in [2.75, 3.05) is 18.2 Å². The number of methoxy groups -OCH3 is 1. The number of hydrogen-bond donors (Lipinski definition) is 1. The van der Waals surface area contributed by atoms with Crippen molar-refractivity contribution in [3.05, 3.63) is 48.3 Å². The van der Waals surface area contributed by atoms with Crippen molar-refractivity contribution in [1.29, 1.82) is 0 Å². The van der Waals surface area contributed by atoms with Crippen LogP contribution < -0.4 is 5.32 Å². The lowest BCUT2D eigenvalue weighted by atomic mass is 10.2. The third kappa shape index (κ3) is 4.56. The largest absolute Gasteiger partial charge is 0.465 e. The van der Waals surface area contributed by atoms with E-state index >= 15 is 0 Å². The average molecular weight is 317 g/mol. The van der Waals surface area contributed by atoms with Gasteiger partial charge in [0.1, 0.15) is 0 Å². The summed E-state index contributed by atoms with van der Waals surface area (Å²) in [4.78, 5) is 31.7. The summed E-state index contributed by atoms with van der Waals surface area (Å²) in [7, 11) is 1.30. The summed E-state index contributed by atoms with van der Waals surface area (Å²) in [5.41, 5.74) is 0.776. The summed E-state index contributed by atoms with van der Waals surface area (Å²) in [5.74, 6) is -0.112. The molecule has 0 unspecified atom stereocenters. The number of ether oxygens (including phenoxy) is 1. The van der Waals surface area contributed by atoms with E-state index in [1.807, 2.05) is 0 Å². The Morgan fingerprint density at radius 3 is 2.64 bits per heavy atom. The number of esters is 1. The predicted octanol–water partition coefficient (Wildman–Crippen LogP) is 2.38. The molecule has 6 nitrogen and oxygen atoms in total. The van der Waals surface area contributed by atoms with E-state index in [4.69, 9.17) is 0 Å². The van der Waals surface area contributed by atoms with E-state index in [2.05, 4.69) is 20.0 Å². The Labute approximate surface area is 132 Å². The molecule has 0 spiro atoms. The second-order valence-corrected chi connectivity index (χ2v) is 5.28. The number of benzene rings is 1. The Morgan fingerprint density at radius 2 is 1.91 bits per heavy atom. The van der Waals surface area contributed by atoms with Crippen LogP contribution in [0, 0.1) is 0 Å². The van der Waals surface area contributed by atoms with Crippen LogP contribution in [-0.2, 0) is 9.53 Å². The van der Waals surface area contributed by atoms with Gasteiger partial charge in [-0.05, 0) is 18.2 Å². The maximum atomic E-state index is 11.9. The third-order valence-corrected chi connectivity index (χ3v) is 3.59. The van der Waals surface area contributed by atoms with Crippen molar-refractivity contribution < 1.29 is 14.3 Å². The predicted molar refractivity (Wildman–Crippen MR) is 83.8 cm³/mol. The van der Waals surface area contributed by atoms with Crippen molar-refractivity contribution in [1.82, 2.24) is 9.97 Å². The first-order valence-corrected chi connectivity index (χ1v) is 7.56. The normalized spacial score (nSPS) is 10.0. The average Bonchev–Trinajstić information content (AvgIpc) is 2.55. The molecule has 22 heavy (non-hydrogen) atoms. The number of aromatic nitrogens is 2. The fourth-order valence-electron chi connectivity index (χ4n) is 1.69. The van der Waals surface area contributed by atoms with Crippen LogP contribution in [-0.4, -0.2) is 34.7 Å². The Kier molecular flexibility index (Phi) is 5.91. The summed E-state index contributed by atoms with van der Waals surface area (Å²) in [6.07, 6.45) is 3.60. The first kappa shape index (κ1) is 16.0. The molecule has 1 heterocycles. The Balaban J connectivity index is 1.88. The topological polar surface area (TPSA) is 81.2 Å². The van der Waals surface area contributed by atoms with Crippen LogP contribution >= 0.6 is 11.8 Å². The minimum absolute atomic E-state index is 0.181. The molecule has 0 aliphatic heterocycles. The molecular formula is C15H15N3O3S. The maximum absolute atomic E-state index is 11.9. The molecule has 2 aromatic rings. The molecule has 0 radical (unpaired) electrons. The number of thioether (sulfide) groups is 1. The van der Waals surface area contributed by atoms with Crippen LogP contribution in [0.3, 0.4) is 0 Å². The molecule has 0 saturated carbocycles. The molecule has 2 rings (SSSR count). The van der Waals surface area contributed by atoms with Gasteiger partial charge in [-0.3, -0.25) is 4.79 Å². The highest BCUT2D eigenvalue weighted by Crippen LogP contribution is 2.17. The molecule has 0 fully saturated rings. The van der Waals surface area contributed by atoms with E-state index in [1.54, 1.807) is 42.7 Å². The van der Waals surface area contributed by atoms with E-state index in [1.165, 1.54) is 18.9 Å². The van der Waals surface area contributed by atoms with Crippen LogP contribution in [0.25, 0.3) is 0 Å². The van der Waals surface area contributed by atoms with Crippen molar-refractivity contribution in [3.63, 3.8) is 0 Å². The molecule has 1 N–H and O–H groups in total. The standard InChI is InChI=1S/C15H15N3O3S/c1-21-14(20)11-5-2-3-6-12(11)18-13(19)7-10-22-15-16-8-4-9-17-15/h2-6,8-9H,7,10H2,1H3,(H,18,19). The smallest absolute Gasteiger partial charge is 0.339 e. The second-order valence-electron chi connectivity index (χ2n) is 4.22. The zero-order valence-corrected chi connectivity index (χ0v) is 12.8. The van der Waals surface area contributed by atoms with E-state index in [0.29, 0.717) is 28.6 Å². The van der Waals surface area contributed by atoms with Gasteiger partial charge in [0.25, 0.3) is 0 Å². The molecular weight excluding hydrogens is 302 g/mol. The highest BCUT2D eigenvalue weighted by molar-refractivity contribution is 7.99. The lowest BCUT2D eigenvalue weighted by molar-refractivity contribution is -0.115. The van der Waals surface area contributed by atoms with Crippen LogP contribution in [0.1, 0.15) is 16.8 Å². The van der Waals surface area contributed by atoms with E-state index in [-0.39, 0.29) is 5.91 Å². The minimum atomic E-state index is -0.483. The quantitative estimate of drug-likeness (QED) is 0.500. The van der Waals surface area contributed by atoms with Gasteiger partial charge in [0.2, 0.25) is 5.91 Å². The first-order valence-electron chi connectivity index (χ1n) is 6.57. The zero-order chi connectivity index (χ0) is 15.8. The molecule has 0 aliphatic carbocycles. The molecule has 114 valence electrons. The monoisotopic (exact) mass is 317 g/mol. The van der Waals surface area contributed by atoms with Crippen molar-refractivity contribution in [3.8, 4) is 0 Å². The zero-order valence-electron chi connectivity index (χ0n) is 12.0. The van der Waals surface area contributed by atoms with Gasteiger partial charge in [-0.1, -0.05) is 23.9 Å². The number of amides is 1. The molecule has 1 aromatic carbocycles. The highest BCUT2D eigenvalue weighted by Gasteiger charge is 2.13. The number of carbonyl (C=O) groups excluding carboxylic acids is 2. The number of rotatable bonds is 6. The van der Waals surface area contributed by atoms with Crippen LogP contribution in [0.5, 0.6) is 0 Å². The van der Waals surface area contributed by atoms with Crippen molar-refractivity contribution in [2.45, 2.75) is 11.6 Å². The summed E-state index contributed by atoms with van der Waals surface area (Å²) >= 11 is 1.40. The molecule has 0 bridgehead atoms. The molecule has 1 aromatic heterocycles. The Bertz CT molecular complexity index is 649. The summed E-state index contributed by atoms with van der Waals surface area (Å²) in [6.45, 7) is 0. The van der Waals surface area contributed by atoms with Crippen LogP contribution in [0.15, 0.2) is 47.9 Å². The number of para-hydroxylation sites is 1. The van der Waals surface area contributed by atoms with E-state index in [0.717, 1.165) is 0 Å². The summed E-state index contributed by atoms with van der Waals surface area (Å²) in [6, 6.07) is 8.46. The van der Waals surface area contributed by atoms with Crippen molar-refractivity contribution in [2.24, 2.45) is 0 Å². The fourth-order valence-corrected chi connectivity index (χ4v) is 2.43. The lowest BCUT2D eigenvalue weighted by Crippen LogP contribution is -2.15. The number of nitrogens with zero attached hydrogens (tertiary/aromatic N) is 2. The van der Waals surface area contributed by atoms with Gasteiger partial charge in [-0.2, -0.15) is 0 Å². The molecule has 0 atom stereocenters.